The third-order valence-electron chi connectivity index (χ3n) is 4.52. The van der Waals surface area contributed by atoms with Gasteiger partial charge >= 0.3 is 0 Å². The summed E-state index contributed by atoms with van der Waals surface area (Å²) < 4.78 is 12.4. The Morgan fingerprint density at radius 1 is 1.00 bits per heavy atom. The Bertz CT molecular complexity index is 1060. The van der Waals surface area contributed by atoms with Gasteiger partial charge in [0.05, 0.1) is 7.11 Å². The molecule has 0 aromatic heterocycles. The molecule has 0 fully saturated rings. The number of para-hydroxylation sites is 1. The molecule has 140 valence electrons. The number of ether oxygens (including phenoxy) is 2. The molecule has 0 spiro atoms. The molecule has 4 nitrogen and oxygen atoms in total. The molecule has 5 heteroatoms. The van der Waals surface area contributed by atoms with Crippen molar-refractivity contribution in [1.82, 2.24) is 0 Å². The Kier molecular flexibility index (Phi) is 5.17. The Labute approximate surface area is 171 Å². The van der Waals surface area contributed by atoms with Crippen LogP contribution in [-0.2, 0) is 11.4 Å². The molecule has 0 atom stereocenters. The van der Waals surface area contributed by atoms with E-state index in [1.165, 1.54) is 0 Å². The van der Waals surface area contributed by atoms with E-state index in [0.717, 1.165) is 26.9 Å². The average Bonchev–Trinajstić information content (AvgIpc) is 3.03. The zero-order chi connectivity index (χ0) is 19.5. The van der Waals surface area contributed by atoms with Crippen LogP contribution in [0.15, 0.2) is 71.2 Å². The lowest BCUT2D eigenvalue weighted by Crippen LogP contribution is -2.03. The van der Waals surface area contributed by atoms with E-state index in [1.54, 1.807) is 7.11 Å². The van der Waals surface area contributed by atoms with Gasteiger partial charge in [-0.15, -0.1) is 0 Å². The molecule has 1 N–H and O–H groups in total. The first-order valence-electron chi connectivity index (χ1n) is 8.82. The first kappa shape index (κ1) is 18.3. The number of hydrogen-bond donors (Lipinski definition) is 1. The highest BCUT2D eigenvalue weighted by atomic mass is 79.9. The van der Waals surface area contributed by atoms with Crippen LogP contribution in [0.1, 0.15) is 16.7 Å². The number of amides is 1. The van der Waals surface area contributed by atoms with Crippen molar-refractivity contribution in [3.63, 3.8) is 0 Å². The summed E-state index contributed by atoms with van der Waals surface area (Å²) in [6.07, 6.45) is 1.86. The second-order valence-corrected chi connectivity index (χ2v) is 7.30. The Morgan fingerprint density at radius 3 is 2.57 bits per heavy atom. The number of anilines is 1. The molecule has 28 heavy (non-hydrogen) atoms. The minimum Gasteiger partial charge on any atom is -0.493 e. The third kappa shape index (κ3) is 3.80. The second-order valence-electron chi connectivity index (χ2n) is 6.38. The lowest BCUT2D eigenvalue weighted by atomic mass is 10.0. The number of carbonyl (C=O) groups is 1. The van der Waals surface area contributed by atoms with Crippen molar-refractivity contribution in [1.29, 1.82) is 0 Å². The quantitative estimate of drug-likeness (QED) is 0.535. The first-order chi connectivity index (χ1) is 13.6. The minimum absolute atomic E-state index is 0.101. The Morgan fingerprint density at radius 2 is 1.79 bits per heavy atom. The summed E-state index contributed by atoms with van der Waals surface area (Å²) in [5.74, 6) is 1.18. The predicted molar refractivity (Wildman–Crippen MR) is 114 cm³/mol. The third-order valence-corrected chi connectivity index (χ3v) is 5.05. The number of nitrogens with one attached hydrogen (secondary N) is 1. The smallest absolute Gasteiger partial charge is 0.256 e. The number of fused-ring (bicyclic) bond motifs is 1. The van der Waals surface area contributed by atoms with E-state index in [-0.39, 0.29) is 5.91 Å². The van der Waals surface area contributed by atoms with E-state index in [0.29, 0.717) is 23.7 Å². The van der Waals surface area contributed by atoms with Crippen LogP contribution >= 0.6 is 15.9 Å². The lowest BCUT2D eigenvalue weighted by molar-refractivity contribution is -0.110. The van der Waals surface area contributed by atoms with Gasteiger partial charge in [-0.25, -0.2) is 0 Å². The summed E-state index contributed by atoms with van der Waals surface area (Å²) in [6.45, 7) is 0.444. The van der Waals surface area contributed by atoms with Crippen molar-refractivity contribution in [2.75, 3.05) is 12.4 Å². The SMILES string of the molecule is COc1cc(/C=C2/C(=O)Nc3ccccc32)ccc1OCc1ccc(Br)cc1. The van der Waals surface area contributed by atoms with Crippen LogP contribution < -0.4 is 14.8 Å². The maximum Gasteiger partial charge on any atom is 0.256 e. The van der Waals surface area contributed by atoms with Crippen LogP contribution in [-0.4, -0.2) is 13.0 Å². The van der Waals surface area contributed by atoms with E-state index in [2.05, 4.69) is 21.2 Å². The van der Waals surface area contributed by atoms with Crippen molar-refractivity contribution >= 4 is 39.2 Å². The standard InChI is InChI=1S/C23H18BrNO3/c1-27-22-13-16(12-19-18-4-2-3-5-20(18)25-23(19)26)8-11-21(22)28-14-15-6-9-17(24)10-7-15/h2-13H,14H2,1H3,(H,25,26)/b19-12+. The molecule has 0 saturated carbocycles. The highest BCUT2D eigenvalue weighted by Crippen LogP contribution is 2.35. The van der Waals surface area contributed by atoms with Crippen LogP contribution in [0.25, 0.3) is 11.6 Å². The molecule has 1 aliphatic heterocycles. The van der Waals surface area contributed by atoms with Gasteiger partial charge in [-0.1, -0.05) is 52.3 Å². The molecule has 1 amide bonds. The number of rotatable bonds is 5. The van der Waals surface area contributed by atoms with E-state index < -0.39 is 0 Å². The number of halogens is 1. The normalized spacial score (nSPS) is 13.9. The largest absolute Gasteiger partial charge is 0.493 e. The van der Waals surface area contributed by atoms with Gasteiger partial charge in [0.25, 0.3) is 5.91 Å². The van der Waals surface area contributed by atoms with Crippen molar-refractivity contribution in [3.8, 4) is 11.5 Å². The molecule has 0 unspecified atom stereocenters. The van der Waals surface area contributed by atoms with Crippen LogP contribution in [0.4, 0.5) is 5.69 Å². The van der Waals surface area contributed by atoms with Gasteiger partial charge in [0, 0.05) is 21.3 Å². The zero-order valence-corrected chi connectivity index (χ0v) is 16.8. The van der Waals surface area contributed by atoms with Gasteiger partial charge < -0.3 is 14.8 Å². The van der Waals surface area contributed by atoms with E-state index in [9.17, 15) is 4.79 Å². The van der Waals surface area contributed by atoms with Crippen molar-refractivity contribution in [3.05, 3.63) is 87.9 Å². The summed E-state index contributed by atoms with van der Waals surface area (Å²) >= 11 is 3.43. The lowest BCUT2D eigenvalue weighted by Gasteiger charge is -2.12. The fourth-order valence-electron chi connectivity index (χ4n) is 3.08. The fraction of sp³-hybridized carbons (Fsp3) is 0.0870. The predicted octanol–water partition coefficient (Wildman–Crippen LogP) is 5.53. The summed E-state index contributed by atoms with van der Waals surface area (Å²) in [6, 6.07) is 21.3. The maximum atomic E-state index is 12.3. The average molecular weight is 436 g/mol. The molecule has 0 aliphatic carbocycles. The van der Waals surface area contributed by atoms with Crippen LogP contribution in [0.2, 0.25) is 0 Å². The summed E-state index contributed by atoms with van der Waals surface area (Å²) in [7, 11) is 1.61. The van der Waals surface area contributed by atoms with Crippen LogP contribution in [0.3, 0.4) is 0 Å². The van der Waals surface area contributed by atoms with Crippen molar-refractivity contribution in [2.45, 2.75) is 6.61 Å². The molecule has 3 aromatic carbocycles. The van der Waals surface area contributed by atoms with Gasteiger partial charge in [-0.2, -0.15) is 0 Å². The number of hydrogen-bond acceptors (Lipinski definition) is 3. The molecular weight excluding hydrogens is 418 g/mol. The molecule has 1 aliphatic rings. The summed E-state index contributed by atoms with van der Waals surface area (Å²) in [5, 5.41) is 2.88. The van der Waals surface area contributed by atoms with Gasteiger partial charge in [-0.05, 0) is 47.5 Å². The van der Waals surface area contributed by atoms with Crippen LogP contribution in [0, 0.1) is 0 Å². The van der Waals surface area contributed by atoms with Gasteiger partial charge in [0.1, 0.15) is 6.61 Å². The van der Waals surface area contributed by atoms with Crippen molar-refractivity contribution in [2.24, 2.45) is 0 Å². The van der Waals surface area contributed by atoms with Crippen LogP contribution in [0.5, 0.6) is 11.5 Å². The molecule has 0 bridgehead atoms. The molecule has 0 radical (unpaired) electrons. The molecule has 1 heterocycles. The van der Waals surface area contributed by atoms with Gasteiger partial charge in [-0.3, -0.25) is 4.79 Å². The zero-order valence-electron chi connectivity index (χ0n) is 15.2. The molecule has 3 aromatic rings. The number of methoxy groups -OCH3 is 1. The minimum atomic E-state index is -0.101. The monoisotopic (exact) mass is 435 g/mol. The van der Waals surface area contributed by atoms with E-state index in [1.807, 2.05) is 72.8 Å². The molecule has 4 rings (SSSR count). The molecule has 0 saturated heterocycles. The second kappa shape index (κ2) is 7.90. The Balaban J connectivity index is 1.57. The number of carbonyl (C=O) groups excluding carboxylic acids is 1. The maximum absolute atomic E-state index is 12.3. The highest BCUT2D eigenvalue weighted by molar-refractivity contribution is 9.10. The Hall–Kier alpha value is -3.05. The molecular formula is C23H18BrNO3. The van der Waals surface area contributed by atoms with Gasteiger partial charge in [0.15, 0.2) is 11.5 Å². The topological polar surface area (TPSA) is 47.6 Å². The highest BCUT2D eigenvalue weighted by Gasteiger charge is 2.23. The number of benzene rings is 3. The van der Waals surface area contributed by atoms with Crippen molar-refractivity contribution < 1.29 is 14.3 Å². The van der Waals surface area contributed by atoms with E-state index in [4.69, 9.17) is 9.47 Å². The summed E-state index contributed by atoms with van der Waals surface area (Å²) in [4.78, 5) is 12.3. The van der Waals surface area contributed by atoms with E-state index >= 15 is 0 Å². The van der Waals surface area contributed by atoms with Gasteiger partial charge in [0.2, 0.25) is 0 Å². The summed E-state index contributed by atoms with van der Waals surface area (Å²) in [5.41, 5.74) is 4.31. The fourth-order valence-corrected chi connectivity index (χ4v) is 3.35. The first-order valence-corrected chi connectivity index (χ1v) is 9.61.